The zero-order chi connectivity index (χ0) is 13.0. The predicted molar refractivity (Wildman–Crippen MR) is 65.5 cm³/mol. The lowest BCUT2D eigenvalue weighted by atomic mass is 10.4. The summed E-state index contributed by atoms with van der Waals surface area (Å²) in [7, 11) is 0. The summed E-state index contributed by atoms with van der Waals surface area (Å²) in [6.45, 7) is 4.29. The van der Waals surface area contributed by atoms with Gasteiger partial charge in [-0.3, -0.25) is 4.79 Å². The lowest BCUT2D eigenvalue weighted by Crippen LogP contribution is -2.14. The molecular formula is C11H15N5O2. The number of H-pyrrole nitrogens is 1. The van der Waals surface area contributed by atoms with Crippen LogP contribution in [0, 0.1) is 6.92 Å². The van der Waals surface area contributed by atoms with Crippen LogP contribution in [0.25, 0.3) is 0 Å². The van der Waals surface area contributed by atoms with Gasteiger partial charge in [0, 0.05) is 25.5 Å². The Kier molecular flexibility index (Phi) is 3.71. The third kappa shape index (κ3) is 3.16. The van der Waals surface area contributed by atoms with Crippen molar-refractivity contribution in [3.05, 3.63) is 34.0 Å². The molecule has 7 heteroatoms. The highest BCUT2D eigenvalue weighted by atomic mass is 16.5. The molecule has 2 rings (SSSR count). The zero-order valence-corrected chi connectivity index (χ0v) is 10.4. The molecule has 0 fully saturated rings. The van der Waals surface area contributed by atoms with E-state index < -0.39 is 0 Å². The Morgan fingerprint density at radius 2 is 2.28 bits per heavy atom. The minimum absolute atomic E-state index is 0.155. The summed E-state index contributed by atoms with van der Waals surface area (Å²) in [5.74, 6) is 2.42. The minimum atomic E-state index is -0.155. The standard InChI is InChI=1S/C11H15N5O2/c1-3-8-14-9(6-10(17)15-8)12-5-4-11-13-7(2)16-18-11/h6H,3-5H2,1-2H3,(H2,12,14,15,17). The Bertz CT molecular complexity index is 575. The van der Waals surface area contributed by atoms with Crippen molar-refractivity contribution in [2.75, 3.05) is 11.9 Å². The first-order valence-corrected chi connectivity index (χ1v) is 5.80. The first-order valence-electron chi connectivity index (χ1n) is 5.80. The average molecular weight is 249 g/mol. The fourth-order valence-electron chi connectivity index (χ4n) is 1.51. The van der Waals surface area contributed by atoms with Crippen LogP contribution in [-0.2, 0) is 12.8 Å². The van der Waals surface area contributed by atoms with Gasteiger partial charge in [-0.1, -0.05) is 12.1 Å². The van der Waals surface area contributed by atoms with Crippen molar-refractivity contribution >= 4 is 5.82 Å². The van der Waals surface area contributed by atoms with Crippen LogP contribution in [0.15, 0.2) is 15.4 Å². The zero-order valence-electron chi connectivity index (χ0n) is 10.4. The molecule has 2 aromatic heterocycles. The van der Waals surface area contributed by atoms with Crippen molar-refractivity contribution < 1.29 is 4.52 Å². The molecule has 7 nitrogen and oxygen atoms in total. The summed E-state index contributed by atoms with van der Waals surface area (Å²) >= 11 is 0. The molecular weight excluding hydrogens is 234 g/mol. The Hall–Kier alpha value is -2.18. The molecule has 0 bridgehead atoms. The SMILES string of the molecule is CCc1nc(NCCc2nc(C)no2)cc(=O)[nH]1. The Labute approximate surface area is 104 Å². The first-order chi connectivity index (χ1) is 8.67. The number of hydrogen-bond donors (Lipinski definition) is 2. The lowest BCUT2D eigenvalue weighted by Gasteiger charge is -2.04. The molecule has 0 amide bonds. The number of hydrogen-bond acceptors (Lipinski definition) is 6. The molecule has 0 aliphatic heterocycles. The van der Waals surface area contributed by atoms with E-state index in [1.807, 2.05) is 6.92 Å². The summed E-state index contributed by atoms with van der Waals surface area (Å²) in [6.07, 6.45) is 1.28. The Morgan fingerprint density at radius 3 is 2.94 bits per heavy atom. The van der Waals surface area contributed by atoms with Crippen molar-refractivity contribution in [2.45, 2.75) is 26.7 Å². The van der Waals surface area contributed by atoms with Gasteiger partial charge in [0.05, 0.1) is 0 Å². The number of aromatic amines is 1. The van der Waals surface area contributed by atoms with Crippen molar-refractivity contribution in [3.8, 4) is 0 Å². The Morgan fingerprint density at radius 1 is 1.44 bits per heavy atom. The van der Waals surface area contributed by atoms with Gasteiger partial charge in [0.15, 0.2) is 5.82 Å². The maximum absolute atomic E-state index is 11.3. The van der Waals surface area contributed by atoms with Gasteiger partial charge in [0.25, 0.3) is 5.56 Å². The van der Waals surface area contributed by atoms with Gasteiger partial charge in [-0.25, -0.2) is 4.98 Å². The molecule has 18 heavy (non-hydrogen) atoms. The van der Waals surface area contributed by atoms with Crippen LogP contribution in [0.3, 0.4) is 0 Å². The molecule has 96 valence electrons. The summed E-state index contributed by atoms with van der Waals surface area (Å²) in [6, 6.07) is 1.43. The molecule has 0 saturated heterocycles. The molecule has 0 aromatic carbocycles. The fourth-order valence-corrected chi connectivity index (χ4v) is 1.51. The van der Waals surface area contributed by atoms with Crippen molar-refractivity contribution in [2.24, 2.45) is 0 Å². The summed E-state index contributed by atoms with van der Waals surface area (Å²) in [5, 5.41) is 6.76. The number of anilines is 1. The quantitative estimate of drug-likeness (QED) is 0.808. The van der Waals surface area contributed by atoms with Gasteiger partial charge in [-0.05, 0) is 6.92 Å². The van der Waals surface area contributed by atoms with Crippen LogP contribution in [-0.4, -0.2) is 26.7 Å². The highest BCUT2D eigenvalue weighted by molar-refractivity contribution is 5.32. The van der Waals surface area contributed by atoms with E-state index in [-0.39, 0.29) is 5.56 Å². The van der Waals surface area contributed by atoms with E-state index in [1.54, 1.807) is 6.92 Å². The molecule has 0 atom stereocenters. The van der Waals surface area contributed by atoms with Gasteiger partial charge in [-0.15, -0.1) is 0 Å². The van der Waals surface area contributed by atoms with E-state index in [4.69, 9.17) is 4.52 Å². The summed E-state index contributed by atoms with van der Waals surface area (Å²) in [5.41, 5.74) is -0.155. The number of nitrogens with zero attached hydrogens (tertiary/aromatic N) is 3. The Balaban J connectivity index is 1.94. The second-order valence-electron chi connectivity index (χ2n) is 3.84. The van der Waals surface area contributed by atoms with E-state index in [2.05, 4.69) is 25.4 Å². The molecule has 0 saturated carbocycles. The van der Waals surface area contributed by atoms with Gasteiger partial charge < -0.3 is 14.8 Å². The van der Waals surface area contributed by atoms with Crippen LogP contribution in [0.5, 0.6) is 0 Å². The number of aromatic nitrogens is 4. The van der Waals surface area contributed by atoms with Crippen molar-refractivity contribution in [1.82, 2.24) is 20.1 Å². The third-order valence-corrected chi connectivity index (χ3v) is 2.34. The molecule has 2 N–H and O–H groups in total. The number of aryl methyl sites for hydroxylation is 2. The van der Waals surface area contributed by atoms with Crippen molar-refractivity contribution in [1.29, 1.82) is 0 Å². The second-order valence-corrected chi connectivity index (χ2v) is 3.84. The van der Waals surface area contributed by atoms with Crippen LogP contribution in [0.4, 0.5) is 5.82 Å². The number of nitrogens with one attached hydrogen (secondary N) is 2. The largest absolute Gasteiger partial charge is 0.369 e. The van der Waals surface area contributed by atoms with Crippen molar-refractivity contribution in [3.63, 3.8) is 0 Å². The van der Waals surface area contributed by atoms with E-state index in [0.29, 0.717) is 42.7 Å². The van der Waals surface area contributed by atoms with Gasteiger partial charge in [0.1, 0.15) is 11.6 Å². The lowest BCUT2D eigenvalue weighted by molar-refractivity contribution is 0.377. The highest BCUT2D eigenvalue weighted by Crippen LogP contribution is 2.01. The fraction of sp³-hybridized carbons (Fsp3) is 0.455. The monoisotopic (exact) mass is 249 g/mol. The van der Waals surface area contributed by atoms with Gasteiger partial charge >= 0.3 is 0 Å². The molecule has 0 spiro atoms. The van der Waals surface area contributed by atoms with E-state index in [0.717, 1.165) is 0 Å². The minimum Gasteiger partial charge on any atom is -0.369 e. The van der Waals surface area contributed by atoms with Crippen LogP contribution in [0.2, 0.25) is 0 Å². The summed E-state index contributed by atoms with van der Waals surface area (Å²) < 4.78 is 4.98. The molecule has 0 aliphatic carbocycles. The number of rotatable bonds is 5. The van der Waals surface area contributed by atoms with Gasteiger partial charge in [0.2, 0.25) is 5.89 Å². The van der Waals surface area contributed by atoms with E-state index in [1.165, 1.54) is 6.07 Å². The second kappa shape index (κ2) is 5.44. The maximum Gasteiger partial charge on any atom is 0.252 e. The summed E-state index contributed by atoms with van der Waals surface area (Å²) in [4.78, 5) is 22.3. The molecule has 2 heterocycles. The smallest absolute Gasteiger partial charge is 0.252 e. The highest BCUT2D eigenvalue weighted by Gasteiger charge is 2.03. The predicted octanol–water partition coefficient (Wildman–Crippen LogP) is 0.678. The average Bonchev–Trinajstić information content (AvgIpc) is 2.74. The maximum atomic E-state index is 11.3. The van der Waals surface area contributed by atoms with Crippen LogP contribution in [0.1, 0.15) is 24.5 Å². The molecule has 0 unspecified atom stereocenters. The first kappa shape index (κ1) is 12.3. The van der Waals surface area contributed by atoms with E-state index in [9.17, 15) is 4.79 Å². The van der Waals surface area contributed by atoms with Crippen LogP contribution < -0.4 is 10.9 Å². The van der Waals surface area contributed by atoms with Crippen LogP contribution >= 0.6 is 0 Å². The molecule has 0 radical (unpaired) electrons. The molecule has 0 aliphatic rings. The topological polar surface area (TPSA) is 96.7 Å². The van der Waals surface area contributed by atoms with Gasteiger partial charge in [-0.2, -0.15) is 4.98 Å². The third-order valence-electron chi connectivity index (χ3n) is 2.34. The molecule has 2 aromatic rings. The van der Waals surface area contributed by atoms with E-state index >= 15 is 0 Å². The normalized spacial score (nSPS) is 10.6.